The van der Waals surface area contributed by atoms with Gasteiger partial charge < -0.3 is 5.32 Å². The van der Waals surface area contributed by atoms with E-state index in [0.29, 0.717) is 5.69 Å². The Balaban J connectivity index is 1.74. The Morgan fingerprint density at radius 3 is 2.57 bits per heavy atom. The Morgan fingerprint density at radius 1 is 1.09 bits per heavy atom. The molecule has 0 spiro atoms. The topological polar surface area (TPSA) is 63.2 Å². The average Bonchev–Trinajstić information content (AvgIpc) is 2.94. The lowest BCUT2D eigenvalue weighted by Gasteiger charge is -2.07. The normalized spacial score (nSPS) is 11.5. The van der Waals surface area contributed by atoms with Gasteiger partial charge in [0.15, 0.2) is 9.84 Å². The third-order valence-corrected chi connectivity index (χ3v) is 5.97. The third kappa shape index (κ3) is 3.60. The van der Waals surface area contributed by atoms with Crippen LogP contribution in [0.1, 0.15) is 5.56 Å². The van der Waals surface area contributed by atoms with E-state index in [1.54, 1.807) is 29.5 Å². The van der Waals surface area contributed by atoms with Crippen molar-refractivity contribution in [3.05, 3.63) is 59.5 Å². The van der Waals surface area contributed by atoms with Crippen LogP contribution in [0.5, 0.6) is 0 Å². The van der Waals surface area contributed by atoms with Gasteiger partial charge >= 0.3 is 0 Å². The van der Waals surface area contributed by atoms with Crippen LogP contribution in [0.25, 0.3) is 10.1 Å². The SMILES string of the molecule is Cc1ccc(S(=O)(=O)CC(=O)Nc2ccc3sccc3c2)cc1. The van der Waals surface area contributed by atoms with E-state index in [4.69, 9.17) is 0 Å². The number of sulfone groups is 1. The molecule has 0 saturated heterocycles. The van der Waals surface area contributed by atoms with E-state index in [0.717, 1.165) is 15.6 Å². The van der Waals surface area contributed by atoms with Crippen molar-refractivity contribution in [1.29, 1.82) is 0 Å². The molecule has 1 heterocycles. The van der Waals surface area contributed by atoms with Gasteiger partial charge in [0, 0.05) is 10.4 Å². The number of benzene rings is 2. The summed E-state index contributed by atoms with van der Waals surface area (Å²) in [5.41, 5.74) is 1.57. The number of hydrogen-bond donors (Lipinski definition) is 1. The van der Waals surface area contributed by atoms with E-state index in [2.05, 4.69) is 5.32 Å². The highest BCUT2D eigenvalue weighted by atomic mass is 32.2. The van der Waals surface area contributed by atoms with Crippen LogP contribution in [0, 0.1) is 6.92 Å². The van der Waals surface area contributed by atoms with Crippen molar-refractivity contribution in [3.63, 3.8) is 0 Å². The lowest BCUT2D eigenvalue weighted by atomic mass is 10.2. The van der Waals surface area contributed by atoms with Crippen molar-refractivity contribution < 1.29 is 13.2 Å². The minimum Gasteiger partial charge on any atom is -0.325 e. The maximum absolute atomic E-state index is 12.3. The summed E-state index contributed by atoms with van der Waals surface area (Å²) in [5, 5.41) is 5.64. The lowest BCUT2D eigenvalue weighted by Crippen LogP contribution is -2.23. The number of nitrogens with one attached hydrogen (secondary N) is 1. The van der Waals surface area contributed by atoms with Crippen LogP contribution in [0.4, 0.5) is 5.69 Å². The predicted octanol–water partition coefficient (Wildman–Crippen LogP) is 3.62. The van der Waals surface area contributed by atoms with Crippen molar-refractivity contribution in [1.82, 2.24) is 0 Å². The van der Waals surface area contributed by atoms with Gasteiger partial charge in [-0.05, 0) is 54.1 Å². The Hall–Kier alpha value is -2.18. The molecule has 0 aliphatic rings. The van der Waals surface area contributed by atoms with Gasteiger partial charge in [-0.15, -0.1) is 11.3 Å². The average molecular weight is 345 g/mol. The highest BCUT2D eigenvalue weighted by molar-refractivity contribution is 7.92. The number of aryl methyl sites for hydroxylation is 1. The number of amides is 1. The fourth-order valence-corrected chi connectivity index (χ4v) is 4.15. The van der Waals surface area contributed by atoms with Crippen LogP contribution in [0.2, 0.25) is 0 Å². The fourth-order valence-electron chi connectivity index (χ4n) is 2.24. The number of anilines is 1. The number of fused-ring (bicyclic) bond motifs is 1. The number of thiophene rings is 1. The van der Waals surface area contributed by atoms with Gasteiger partial charge in [0.05, 0.1) is 4.90 Å². The summed E-state index contributed by atoms with van der Waals surface area (Å²) in [4.78, 5) is 12.2. The van der Waals surface area contributed by atoms with Crippen LogP contribution in [-0.2, 0) is 14.6 Å². The fraction of sp³-hybridized carbons (Fsp3) is 0.118. The smallest absolute Gasteiger partial charge is 0.239 e. The van der Waals surface area contributed by atoms with Gasteiger partial charge in [0.2, 0.25) is 5.91 Å². The summed E-state index contributed by atoms with van der Waals surface area (Å²) in [7, 11) is -3.64. The van der Waals surface area contributed by atoms with Crippen LogP contribution < -0.4 is 5.32 Å². The summed E-state index contributed by atoms with van der Waals surface area (Å²) >= 11 is 1.61. The van der Waals surface area contributed by atoms with E-state index < -0.39 is 21.5 Å². The minimum atomic E-state index is -3.64. The summed E-state index contributed by atoms with van der Waals surface area (Å²) in [5.74, 6) is -1.11. The van der Waals surface area contributed by atoms with Crippen molar-refractivity contribution in [3.8, 4) is 0 Å². The van der Waals surface area contributed by atoms with E-state index in [1.807, 2.05) is 30.5 Å². The van der Waals surface area contributed by atoms with E-state index >= 15 is 0 Å². The first kappa shape index (κ1) is 15.7. The molecule has 1 N–H and O–H groups in total. The zero-order valence-corrected chi connectivity index (χ0v) is 14.1. The largest absolute Gasteiger partial charge is 0.325 e. The summed E-state index contributed by atoms with van der Waals surface area (Å²) in [6.45, 7) is 1.88. The van der Waals surface area contributed by atoms with Gasteiger partial charge in [-0.1, -0.05) is 17.7 Å². The van der Waals surface area contributed by atoms with E-state index in [1.165, 1.54) is 12.1 Å². The first-order valence-electron chi connectivity index (χ1n) is 7.01. The van der Waals surface area contributed by atoms with E-state index in [-0.39, 0.29) is 4.90 Å². The third-order valence-electron chi connectivity index (χ3n) is 3.44. The lowest BCUT2D eigenvalue weighted by molar-refractivity contribution is -0.113. The maximum Gasteiger partial charge on any atom is 0.239 e. The minimum absolute atomic E-state index is 0.159. The van der Waals surface area contributed by atoms with Crippen LogP contribution in [0.3, 0.4) is 0 Å². The molecule has 0 atom stereocenters. The quantitative estimate of drug-likeness (QED) is 0.785. The molecule has 1 aromatic heterocycles. The number of carbonyl (C=O) groups excluding carboxylic acids is 1. The Bertz CT molecular complexity index is 957. The zero-order chi connectivity index (χ0) is 16.4. The molecule has 6 heteroatoms. The van der Waals surface area contributed by atoms with Crippen molar-refractivity contribution >= 4 is 42.9 Å². The van der Waals surface area contributed by atoms with Crippen LogP contribution in [0.15, 0.2) is 58.8 Å². The molecule has 0 saturated carbocycles. The monoisotopic (exact) mass is 345 g/mol. The Labute approximate surface area is 138 Å². The molecule has 3 rings (SSSR count). The highest BCUT2D eigenvalue weighted by Crippen LogP contribution is 2.24. The maximum atomic E-state index is 12.3. The van der Waals surface area contributed by atoms with Gasteiger partial charge in [-0.3, -0.25) is 4.79 Å². The molecule has 0 aliphatic carbocycles. The molecule has 4 nitrogen and oxygen atoms in total. The second-order valence-electron chi connectivity index (χ2n) is 5.29. The molecular weight excluding hydrogens is 330 g/mol. The zero-order valence-electron chi connectivity index (χ0n) is 12.4. The number of hydrogen-bond acceptors (Lipinski definition) is 4. The molecule has 1 amide bonds. The van der Waals surface area contributed by atoms with Crippen molar-refractivity contribution in [2.45, 2.75) is 11.8 Å². The molecule has 0 bridgehead atoms. The molecule has 118 valence electrons. The second-order valence-corrected chi connectivity index (χ2v) is 8.23. The summed E-state index contributed by atoms with van der Waals surface area (Å²) in [6, 6.07) is 14.0. The second kappa shape index (κ2) is 6.14. The van der Waals surface area contributed by atoms with E-state index in [9.17, 15) is 13.2 Å². The standard InChI is InChI=1S/C17H15NO3S2/c1-12-2-5-15(6-3-12)23(20,21)11-17(19)18-14-4-7-16-13(10-14)8-9-22-16/h2-10H,11H2,1H3,(H,18,19). The molecule has 0 fully saturated rings. The molecule has 2 aromatic carbocycles. The summed E-state index contributed by atoms with van der Waals surface area (Å²) < 4.78 is 25.6. The molecule has 3 aromatic rings. The predicted molar refractivity (Wildman–Crippen MR) is 93.7 cm³/mol. The molecule has 0 unspecified atom stereocenters. The Morgan fingerprint density at radius 2 is 1.83 bits per heavy atom. The van der Waals surface area contributed by atoms with Gasteiger partial charge in [0.1, 0.15) is 5.75 Å². The summed E-state index contributed by atoms with van der Waals surface area (Å²) in [6.07, 6.45) is 0. The first-order chi connectivity index (χ1) is 10.9. The van der Waals surface area contributed by atoms with Gasteiger partial charge in [0.25, 0.3) is 0 Å². The van der Waals surface area contributed by atoms with Gasteiger partial charge in [-0.25, -0.2) is 8.42 Å². The first-order valence-corrected chi connectivity index (χ1v) is 9.54. The molecule has 0 aliphatic heterocycles. The molecule has 0 radical (unpaired) electrons. The van der Waals surface area contributed by atoms with Crippen LogP contribution >= 0.6 is 11.3 Å². The molecular formula is C17H15NO3S2. The van der Waals surface area contributed by atoms with Crippen molar-refractivity contribution in [2.75, 3.05) is 11.1 Å². The van der Waals surface area contributed by atoms with Gasteiger partial charge in [-0.2, -0.15) is 0 Å². The highest BCUT2D eigenvalue weighted by Gasteiger charge is 2.19. The van der Waals surface area contributed by atoms with Crippen molar-refractivity contribution in [2.24, 2.45) is 0 Å². The van der Waals surface area contributed by atoms with Crippen LogP contribution in [-0.4, -0.2) is 20.1 Å². The Kier molecular flexibility index (Phi) is 4.19. The molecule has 23 heavy (non-hydrogen) atoms. The number of rotatable bonds is 4. The number of carbonyl (C=O) groups is 1.